The summed E-state index contributed by atoms with van der Waals surface area (Å²) in [6, 6.07) is 4.55. The molecule has 1 heterocycles. The van der Waals surface area contributed by atoms with E-state index in [9.17, 15) is 4.39 Å². The van der Waals surface area contributed by atoms with Crippen molar-refractivity contribution < 1.29 is 9.13 Å². The summed E-state index contributed by atoms with van der Waals surface area (Å²) < 4.78 is 20.3. The number of hydrogen-bond donors (Lipinski definition) is 1. The molecule has 84 valence electrons. The fourth-order valence-corrected chi connectivity index (χ4v) is 1.54. The number of benzene rings is 1. The van der Waals surface area contributed by atoms with Crippen molar-refractivity contribution in [3.8, 4) is 17.1 Å². The van der Waals surface area contributed by atoms with Crippen LogP contribution in [0.5, 0.6) is 5.75 Å². The Bertz CT molecular complexity index is 576. The molecule has 0 spiro atoms. The molecule has 0 bridgehead atoms. The SMILES string of the molecule is COc1cc(-c2n[nH]c(=S)n2C)ccc1F. The zero-order valence-electron chi connectivity index (χ0n) is 8.82. The summed E-state index contributed by atoms with van der Waals surface area (Å²) in [6.07, 6.45) is 0. The molecule has 0 aliphatic rings. The molecule has 1 N–H and O–H groups in total. The molecule has 0 aliphatic carbocycles. The first-order chi connectivity index (χ1) is 7.63. The van der Waals surface area contributed by atoms with Crippen molar-refractivity contribution in [2.24, 2.45) is 7.05 Å². The van der Waals surface area contributed by atoms with Crippen LogP contribution in [0.25, 0.3) is 11.4 Å². The van der Waals surface area contributed by atoms with E-state index in [1.807, 2.05) is 0 Å². The van der Waals surface area contributed by atoms with E-state index in [0.717, 1.165) is 5.56 Å². The highest BCUT2D eigenvalue weighted by Gasteiger charge is 2.09. The summed E-state index contributed by atoms with van der Waals surface area (Å²) in [6.45, 7) is 0. The first-order valence-corrected chi connectivity index (χ1v) is 4.99. The normalized spacial score (nSPS) is 10.4. The standard InChI is InChI=1S/C10H10FN3OS/c1-14-9(12-13-10(14)16)6-3-4-7(11)8(5-6)15-2/h3-5H,1-2H3,(H,13,16). The van der Waals surface area contributed by atoms with Crippen molar-refractivity contribution in [2.45, 2.75) is 0 Å². The molecule has 0 radical (unpaired) electrons. The Labute approximate surface area is 96.7 Å². The minimum absolute atomic E-state index is 0.186. The number of ether oxygens (including phenoxy) is 1. The van der Waals surface area contributed by atoms with Gasteiger partial charge in [-0.25, -0.2) is 4.39 Å². The van der Waals surface area contributed by atoms with Gasteiger partial charge in [-0.3, -0.25) is 5.10 Å². The average molecular weight is 239 g/mol. The maximum Gasteiger partial charge on any atom is 0.195 e. The number of aromatic nitrogens is 3. The first-order valence-electron chi connectivity index (χ1n) is 4.59. The molecule has 4 nitrogen and oxygen atoms in total. The van der Waals surface area contributed by atoms with Gasteiger partial charge in [0.25, 0.3) is 0 Å². The zero-order valence-corrected chi connectivity index (χ0v) is 9.64. The summed E-state index contributed by atoms with van der Waals surface area (Å²) in [5, 5.41) is 6.73. The average Bonchev–Trinajstić information content (AvgIpc) is 2.61. The number of H-pyrrole nitrogens is 1. The van der Waals surface area contributed by atoms with Gasteiger partial charge in [-0.15, -0.1) is 0 Å². The summed E-state index contributed by atoms with van der Waals surface area (Å²) >= 11 is 5.00. The van der Waals surface area contributed by atoms with Crippen LogP contribution < -0.4 is 4.74 Å². The van der Waals surface area contributed by atoms with E-state index in [1.54, 1.807) is 23.7 Å². The number of nitrogens with one attached hydrogen (secondary N) is 1. The topological polar surface area (TPSA) is 42.8 Å². The lowest BCUT2D eigenvalue weighted by Gasteiger charge is -2.04. The highest BCUT2D eigenvalue weighted by Crippen LogP contribution is 2.24. The number of rotatable bonds is 2. The second-order valence-electron chi connectivity index (χ2n) is 3.26. The molecular formula is C10H10FN3OS. The molecule has 6 heteroatoms. The summed E-state index contributed by atoms with van der Waals surface area (Å²) in [7, 11) is 3.21. The minimum atomic E-state index is -0.400. The molecule has 0 fully saturated rings. The number of methoxy groups -OCH3 is 1. The maximum atomic E-state index is 13.2. The Balaban J connectivity index is 2.57. The van der Waals surface area contributed by atoms with E-state index in [-0.39, 0.29) is 5.75 Å². The van der Waals surface area contributed by atoms with Crippen LogP contribution in [0.1, 0.15) is 0 Å². The number of hydrogen-bond acceptors (Lipinski definition) is 3. The van der Waals surface area contributed by atoms with Gasteiger partial charge >= 0.3 is 0 Å². The summed E-state index contributed by atoms with van der Waals surface area (Å²) in [5.74, 6) is 0.428. The fourth-order valence-electron chi connectivity index (χ4n) is 1.40. The monoisotopic (exact) mass is 239 g/mol. The second-order valence-corrected chi connectivity index (χ2v) is 3.65. The highest BCUT2D eigenvalue weighted by atomic mass is 32.1. The van der Waals surface area contributed by atoms with Gasteiger partial charge in [0.15, 0.2) is 22.2 Å². The third-order valence-electron chi connectivity index (χ3n) is 2.29. The summed E-state index contributed by atoms with van der Waals surface area (Å²) in [4.78, 5) is 0. The summed E-state index contributed by atoms with van der Waals surface area (Å²) in [5.41, 5.74) is 0.744. The van der Waals surface area contributed by atoms with Crippen LogP contribution in [0.2, 0.25) is 0 Å². The lowest BCUT2D eigenvalue weighted by Crippen LogP contribution is -1.94. The van der Waals surface area contributed by atoms with Gasteiger partial charge in [-0.05, 0) is 30.4 Å². The second kappa shape index (κ2) is 4.05. The Morgan fingerprint density at radius 3 is 2.81 bits per heavy atom. The van der Waals surface area contributed by atoms with Crippen molar-refractivity contribution in [3.63, 3.8) is 0 Å². The molecule has 16 heavy (non-hydrogen) atoms. The Morgan fingerprint density at radius 2 is 2.25 bits per heavy atom. The lowest BCUT2D eigenvalue weighted by molar-refractivity contribution is 0.386. The third-order valence-corrected chi connectivity index (χ3v) is 2.65. The predicted octanol–water partition coefficient (Wildman–Crippen LogP) is 2.29. The number of aromatic amines is 1. The van der Waals surface area contributed by atoms with Crippen LogP contribution in [-0.4, -0.2) is 21.9 Å². The molecule has 0 amide bonds. The van der Waals surface area contributed by atoms with Crippen molar-refractivity contribution in [2.75, 3.05) is 7.11 Å². The fraction of sp³-hybridized carbons (Fsp3) is 0.200. The van der Waals surface area contributed by atoms with Crippen LogP contribution in [0.4, 0.5) is 4.39 Å². The van der Waals surface area contributed by atoms with E-state index in [0.29, 0.717) is 10.6 Å². The molecule has 0 atom stereocenters. The van der Waals surface area contributed by atoms with Crippen LogP contribution in [0, 0.1) is 10.6 Å². The Morgan fingerprint density at radius 1 is 1.50 bits per heavy atom. The van der Waals surface area contributed by atoms with Crippen molar-refractivity contribution in [3.05, 3.63) is 28.8 Å². The van der Waals surface area contributed by atoms with Crippen molar-refractivity contribution >= 4 is 12.2 Å². The van der Waals surface area contributed by atoms with Crippen LogP contribution in [0.3, 0.4) is 0 Å². The molecule has 2 rings (SSSR count). The van der Waals surface area contributed by atoms with Gasteiger partial charge in [-0.2, -0.15) is 5.10 Å². The zero-order chi connectivity index (χ0) is 11.7. The van der Waals surface area contributed by atoms with E-state index >= 15 is 0 Å². The van der Waals surface area contributed by atoms with Crippen molar-refractivity contribution in [1.82, 2.24) is 14.8 Å². The van der Waals surface area contributed by atoms with Gasteiger partial charge in [-0.1, -0.05) is 0 Å². The molecule has 0 unspecified atom stereocenters. The highest BCUT2D eigenvalue weighted by molar-refractivity contribution is 7.71. The van der Waals surface area contributed by atoms with Crippen LogP contribution >= 0.6 is 12.2 Å². The van der Waals surface area contributed by atoms with Crippen LogP contribution in [0.15, 0.2) is 18.2 Å². The minimum Gasteiger partial charge on any atom is -0.494 e. The van der Waals surface area contributed by atoms with E-state index in [1.165, 1.54) is 13.2 Å². The number of halogens is 1. The lowest BCUT2D eigenvalue weighted by atomic mass is 10.2. The quantitative estimate of drug-likeness (QED) is 0.818. The van der Waals surface area contributed by atoms with Gasteiger partial charge in [0.1, 0.15) is 0 Å². The van der Waals surface area contributed by atoms with Gasteiger partial charge in [0.2, 0.25) is 0 Å². The molecule has 0 saturated carbocycles. The smallest absolute Gasteiger partial charge is 0.195 e. The van der Waals surface area contributed by atoms with Gasteiger partial charge in [0, 0.05) is 12.6 Å². The first kappa shape index (κ1) is 10.8. The van der Waals surface area contributed by atoms with E-state index in [4.69, 9.17) is 17.0 Å². The van der Waals surface area contributed by atoms with Crippen LogP contribution in [-0.2, 0) is 7.05 Å². The molecule has 1 aromatic heterocycles. The largest absolute Gasteiger partial charge is 0.494 e. The Kier molecular flexibility index (Phi) is 2.74. The maximum absolute atomic E-state index is 13.2. The number of nitrogens with zero attached hydrogens (tertiary/aromatic N) is 2. The molecular weight excluding hydrogens is 229 g/mol. The van der Waals surface area contributed by atoms with Gasteiger partial charge < -0.3 is 9.30 Å². The molecule has 1 aromatic carbocycles. The van der Waals surface area contributed by atoms with Crippen molar-refractivity contribution in [1.29, 1.82) is 0 Å². The third kappa shape index (κ3) is 1.71. The molecule has 0 saturated heterocycles. The molecule has 2 aromatic rings. The van der Waals surface area contributed by atoms with E-state index in [2.05, 4.69) is 10.2 Å². The Hall–Kier alpha value is -1.69. The van der Waals surface area contributed by atoms with E-state index < -0.39 is 5.82 Å². The van der Waals surface area contributed by atoms with Gasteiger partial charge in [0.05, 0.1) is 7.11 Å². The molecule has 0 aliphatic heterocycles. The predicted molar refractivity (Wildman–Crippen MR) is 60.3 cm³/mol.